The average Bonchev–Trinajstić information content (AvgIpc) is 2.67. The van der Waals surface area contributed by atoms with Crippen LogP contribution in [0.25, 0.3) is 0 Å². The molecule has 2 aromatic rings. The highest BCUT2D eigenvalue weighted by Gasteiger charge is 2.17. The summed E-state index contributed by atoms with van der Waals surface area (Å²) in [5, 5.41) is 0.972. The van der Waals surface area contributed by atoms with Crippen molar-refractivity contribution in [1.82, 2.24) is 5.43 Å². The lowest BCUT2D eigenvalue weighted by Crippen LogP contribution is -2.28. The van der Waals surface area contributed by atoms with E-state index in [1.165, 1.54) is 6.26 Å². The van der Waals surface area contributed by atoms with E-state index in [0.29, 0.717) is 10.2 Å². The maximum Gasteiger partial charge on any atom is 0.198 e. The van der Waals surface area contributed by atoms with E-state index >= 15 is 0 Å². The van der Waals surface area contributed by atoms with Crippen LogP contribution < -0.4 is 11.3 Å². The monoisotopic (exact) mass is 256 g/mol. The maximum atomic E-state index is 5.92. The highest BCUT2D eigenvalue weighted by molar-refractivity contribution is 6.30. The summed E-state index contributed by atoms with van der Waals surface area (Å²) in [6.07, 6.45) is 1.52. The SMILES string of the molecule is NNC(c1cccc(Cl)c1)c1ccoc1Cl. The van der Waals surface area contributed by atoms with Crippen molar-refractivity contribution in [2.45, 2.75) is 6.04 Å². The van der Waals surface area contributed by atoms with E-state index in [4.69, 9.17) is 33.5 Å². The van der Waals surface area contributed by atoms with E-state index in [1.54, 1.807) is 12.1 Å². The number of nitrogens with two attached hydrogens (primary N) is 1. The van der Waals surface area contributed by atoms with Gasteiger partial charge >= 0.3 is 0 Å². The first kappa shape index (κ1) is 11.5. The zero-order valence-electron chi connectivity index (χ0n) is 8.28. The average molecular weight is 257 g/mol. The van der Waals surface area contributed by atoms with Crippen molar-refractivity contribution in [2.75, 3.05) is 0 Å². The third-order valence-corrected chi connectivity index (χ3v) is 2.85. The number of halogens is 2. The molecule has 0 spiro atoms. The molecule has 1 unspecified atom stereocenters. The van der Waals surface area contributed by atoms with Crippen molar-refractivity contribution < 1.29 is 4.42 Å². The molecule has 3 N–H and O–H groups in total. The molecule has 1 atom stereocenters. The molecule has 0 saturated heterocycles. The lowest BCUT2D eigenvalue weighted by atomic mass is 10.0. The number of furan rings is 1. The Kier molecular flexibility index (Phi) is 3.51. The highest BCUT2D eigenvalue weighted by atomic mass is 35.5. The Morgan fingerprint density at radius 1 is 1.25 bits per heavy atom. The zero-order chi connectivity index (χ0) is 11.5. The molecule has 0 aliphatic carbocycles. The van der Waals surface area contributed by atoms with Crippen LogP contribution in [-0.2, 0) is 0 Å². The second-order valence-corrected chi connectivity index (χ2v) is 4.08. The Bertz CT molecular complexity index is 484. The lowest BCUT2D eigenvalue weighted by molar-refractivity contribution is 0.555. The molecule has 0 aliphatic rings. The normalized spacial score (nSPS) is 12.7. The van der Waals surface area contributed by atoms with Crippen LogP contribution >= 0.6 is 23.2 Å². The van der Waals surface area contributed by atoms with Crippen LogP contribution in [0.4, 0.5) is 0 Å². The molecule has 1 aromatic carbocycles. The van der Waals surface area contributed by atoms with Crippen molar-refractivity contribution >= 4 is 23.2 Å². The van der Waals surface area contributed by atoms with Gasteiger partial charge < -0.3 is 4.42 Å². The Morgan fingerprint density at radius 2 is 2.06 bits per heavy atom. The molecule has 1 aromatic heterocycles. The molecule has 0 fully saturated rings. The van der Waals surface area contributed by atoms with E-state index in [0.717, 1.165) is 11.1 Å². The summed E-state index contributed by atoms with van der Waals surface area (Å²) < 4.78 is 5.04. The number of benzene rings is 1. The topological polar surface area (TPSA) is 51.2 Å². The maximum absolute atomic E-state index is 5.92. The molecule has 84 valence electrons. The number of nitrogens with one attached hydrogen (secondary N) is 1. The van der Waals surface area contributed by atoms with Gasteiger partial charge in [-0.15, -0.1) is 0 Å². The largest absolute Gasteiger partial charge is 0.453 e. The summed E-state index contributed by atoms with van der Waals surface area (Å²) in [6, 6.07) is 8.94. The molecule has 1 heterocycles. The molecule has 0 bridgehead atoms. The third-order valence-electron chi connectivity index (χ3n) is 2.31. The van der Waals surface area contributed by atoms with Crippen molar-refractivity contribution in [2.24, 2.45) is 5.84 Å². The van der Waals surface area contributed by atoms with Gasteiger partial charge in [0.15, 0.2) is 5.22 Å². The molecular weight excluding hydrogens is 247 g/mol. The van der Waals surface area contributed by atoms with E-state index in [1.807, 2.05) is 18.2 Å². The van der Waals surface area contributed by atoms with Crippen molar-refractivity contribution in [3.05, 3.63) is 58.0 Å². The number of rotatable bonds is 3. The molecule has 0 saturated carbocycles. The molecule has 0 radical (unpaired) electrons. The van der Waals surface area contributed by atoms with Gasteiger partial charge in [-0.1, -0.05) is 23.7 Å². The van der Waals surface area contributed by atoms with Crippen molar-refractivity contribution in [3.8, 4) is 0 Å². The summed E-state index contributed by atoms with van der Waals surface area (Å²) in [6.45, 7) is 0. The van der Waals surface area contributed by atoms with Gasteiger partial charge in [-0.2, -0.15) is 0 Å². The fraction of sp³-hybridized carbons (Fsp3) is 0.0909. The minimum atomic E-state index is -0.232. The van der Waals surface area contributed by atoms with Crippen LogP contribution in [-0.4, -0.2) is 0 Å². The first-order valence-corrected chi connectivity index (χ1v) is 5.42. The molecule has 16 heavy (non-hydrogen) atoms. The molecule has 0 aliphatic heterocycles. The highest BCUT2D eigenvalue weighted by Crippen LogP contribution is 2.29. The van der Waals surface area contributed by atoms with E-state index < -0.39 is 0 Å². The number of hydrogen-bond donors (Lipinski definition) is 2. The van der Waals surface area contributed by atoms with Crippen LogP contribution in [0.2, 0.25) is 10.2 Å². The summed E-state index contributed by atoms with van der Waals surface area (Å²) in [5.41, 5.74) is 4.40. The standard InChI is InChI=1S/C11H10Cl2N2O/c12-8-3-1-2-7(6-8)10(15-14)9-4-5-16-11(9)13/h1-6,10,15H,14H2. The number of hydrazine groups is 1. The zero-order valence-corrected chi connectivity index (χ0v) is 9.79. The summed E-state index contributed by atoms with van der Waals surface area (Å²) in [5.74, 6) is 5.52. The van der Waals surface area contributed by atoms with Gasteiger partial charge in [-0.25, -0.2) is 5.43 Å². The molecule has 3 nitrogen and oxygen atoms in total. The Morgan fingerprint density at radius 3 is 2.62 bits per heavy atom. The van der Waals surface area contributed by atoms with Crippen LogP contribution in [0, 0.1) is 0 Å². The fourth-order valence-corrected chi connectivity index (χ4v) is 1.98. The Labute approximate surface area is 103 Å². The molecule has 5 heteroatoms. The lowest BCUT2D eigenvalue weighted by Gasteiger charge is -2.15. The fourth-order valence-electron chi connectivity index (χ4n) is 1.56. The van der Waals surface area contributed by atoms with Gasteiger partial charge in [0.2, 0.25) is 0 Å². The predicted octanol–water partition coefficient (Wildman–Crippen LogP) is 3.14. The van der Waals surface area contributed by atoms with Gasteiger partial charge in [-0.05, 0) is 35.4 Å². The Hall–Kier alpha value is -1.00. The number of hydrogen-bond acceptors (Lipinski definition) is 3. The van der Waals surface area contributed by atoms with Crippen LogP contribution in [0.15, 0.2) is 41.0 Å². The Balaban J connectivity index is 2.40. The smallest absolute Gasteiger partial charge is 0.198 e. The molecule has 2 rings (SSSR count). The van der Waals surface area contributed by atoms with Gasteiger partial charge in [0.25, 0.3) is 0 Å². The second-order valence-electron chi connectivity index (χ2n) is 3.30. The van der Waals surface area contributed by atoms with Gasteiger partial charge in [0, 0.05) is 10.6 Å². The van der Waals surface area contributed by atoms with Crippen LogP contribution in [0.1, 0.15) is 17.2 Å². The van der Waals surface area contributed by atoms with Gasteiger partial charge in [-0.3, -0.25) is 5.84 Å². The summed E-state index contributed by atoms with van der Waals surface area (Å²) in [7, 11) is 0. The van der Waals surface area contributed by atoms with Crippen molar-refractivity contribution in [3.63, 3.8) is 0 Å². The minimum absolute atomic E-state index is 0.232. The molecular formula is C11H10Cl2N2O. The molecule has 0 amide bonds. The summed E-state index contributed by atoms with van der Waals surface area (Å²) >= 11 is 11.8. The minimum Gasteiger partial charge on any atom is -0.453 e. The second kappa shape index (κ2) is 4.89. The van der Waals surface area contributed by atoms with Crippen molar-refractivity contribution in [1.29, 1.82) is 0 Å². The quantitative estimate of drug-likeness (QED) is 0.656. The first-order valence-electron chi connectivity index (χ1n) is 4.67. The van der Waals surface area contributed by atoms with Crippen LogP contribution in [0.5, 0.6) is 0 Å². The predicted molar refractivity (Wildman–Crippen MR) is 64.3 cm³/mol. The van der Waals surface area contributed by atoms with E-state index in [9.17, 15) is 0 Å². The van der Waals surface area contributed by atoms with E-state index in [-0.39, 0.29) is 6.04 Å². The third kappa shape index (κ3) is 2.23. The van der Waals surface area contributed by atoms with Crippen LogP contribution in [0.3, 0.4) is 0 Å². The first-order chi connectivity index (χ1) is 7.72. The summed E-state index contributed by atoms with van der Waals surface area (Å²) in [4.78, 5) is 0. The van der Waals surface area contributed by atoms with Gasteiger partial charge in [0.1, 0.15) is 0 Å². The van der Waals surface area contributed by atoms with Gasteiger partial charge in [0.05, 0.1) is 12.3 Å². The van der Waals surface area contributed by atoms with E-state index in [2.05, 4.69) is 5.43 Å².